The summed E-state index contributed by atoms with van der Waals surface area (Å²) in [5, 5.41) is 13.3. The van der Waals surface area contributed by atoms with E-state index in [1.54, 1.807) is 0 Å². The number of hydrogen-bond acceptors (Lipinski definition) is 6. The summed E-state index contributed by atoms with van der Waals surface area (Å²) in [7, 11) is 1.13. The minimum Gasteiger partial charge on any atom is -0.481 e. The van der Waals surface area contributed by atoms with Gasteiger partial charge in [-0.1, -0.05) is 0 Å². The predicted molar refractivity (Wildman–Crippen MR) is 72.3 cm³/mol. The van der Waals surface area contributed by atoms with E-state index in [0.29, 0.717) is 0 Å². The van der Waals surface area contributed by atoms with E-state index in [0.717, 1.165) is 7.11 Å². The van der Waals surface area contributed by atoms with Gasteiger partial charge in [0.1, 0.15) is 12.1 Å². The molecule has 3 N–H and O–H groups in total. The Morgan fingerprint density at radius 2 is 1.80 bits per heavy atom. The molecule has 0 rings (SSSR count). The van der Waals surface area contributed by atoms with Crippen molar-refractivity contribution in [1.82, 2.24) is 10.6 Å². The van der Waals surface area contributed by atoms with Crippen molar-refractivity contribution in [1.29, 1.82) is 0 Å². The number of hydrogen-bond donors (Lipinski definition) is 4. The van der Waals surface area contributed by atoms with E-state index < -0.39 is 35.8 Å². The molecule has 2 amide bonds. The van der Waals surface area contributed by atoms with Gasteiger partial charge in [0.05, 0.1) is 7.11 Å². The Morgan fingerprint density at radius 3 is 2.20 bits per heavy atom. The van der Waals surface area contributed by atoms with Crippen LogP contribution in [0.2, 0.25) is 0 Å². The van der Waals surface area contributed by atoms with Crippen LogP contribution in [-0.2, 0) is 23.9 Å². The van der Waals surface area contributed by atoms with E-state index in [2.05, 4.69) is 28.0 Å². The number of methoxy groups -OCH3 is 1. The molecule has 0 saturated heterocycles. The molecular formula is C11H18N2O6S. The highest BCUT2D eigenvalue weighted by Gasteiger charge is 2.26. The molecule has 0 aliphatic carbocycles. The van der Waals surface area contributed by atoms with Crippen molar-refractivity contribution in [3.8, 4) is 0 Å². The lowest BCUT2D eigenvalue weighted by Gasteiger charge is -2.20. The number of carbonyl (C=O) groups is 4. The number of carboxylic acids is 1. The lowest BCUT2D eigenvalue weighted by atomic mass is 10.1. The summed E-state index contributed by atoms with van der Waals surface area (Å²) in [5.41, 5.74) is 0. The Morgan fingerprint density at radius 1 is 1.20 bits per heavy atom. The SMILES string of the molecule is COC(=O)[C@H](CCC(=O)O)NC(=O)[C@H](CS)NC(C)=O. The van der Waals surface area contributed by atoms with Crippen molar-refractivity contribution in [3.05, 3.63) is 0 Å². The van der Waals surface area contributed by atoms with E-state index in [1.165, 1.54) is 6.92 Å². The molecule has 20 heavy (non-hydrogen) atoms. The number of aliphatic carboxylic acids is 1. The summed E-state index contributed by atoms with van der Waals surface area (Å²) >= 11 is 3.93. The molecule has 0 bridgehead atoms. The second-order valence-corrected chi connectivity index (χ2v) is 4.32. The van der Waals surface area contributed by atoms with E-state index in [4.69, 9.17) is 5.11 Å². The van der Waals surface area contributed by atoms with Gasteiger partial charge in [-0.2, -0.15) is 12.6 Å². The quantitative estimate of drug-likeness (QED) is 0.335. The van der Waals surface area contributed by atoms with Crippen molar-refractivity contribution >= 4 is 36.4 Å². The number of ether oxygens (including phenoxy) is 1. The van der Waals surface area contributed by atoms with Crippen LogP contribution in [0.3, 0.4) is 0 Å². The smallest absolute Gasteiger partial charge is 0.328 e. The third-order valence-electron chi connectivity index (χ3n) is 2.33. The van der Waals surface area contributed by atoms with Crippen molar-refractivity contribution in [3.63, 3.8) is 0 Å². The van der Waals surface area contributed by atoms with Crippen molar-refractivity contribution in [2.45, 2.75) is 31.8 Å². The molecule has 9 heteroatoms. The summed E-state index contributed by atoms with van der Waals surface area (Å²) in [6.07, 6.45) is -0.404. The summed E-state index contributed by atoms with van der Waals surface area (Å²) in [6, 6.07) is -1.99. The number of thiol groups is 1. The maximum Gasteiger partial charge on any atom is 0.328 e. The second kappa shape index (κ2) is 9.18. The zero-order valence-corrected chi connectivity index (χ0v) is 12.1. The van der Waals surface area contributed by atoms with Crippen molar-refractivity contribution in [2.24, 2.45) is 0 Å². The molecule has 0 heterocycles. The molecular weight excluding hydrogens is 288 g/mol. The Balaban J connectivity index is 4.68. The largest absolute Gasteiger partial charge is 0.481 e. The molecule has 0 aliphatic heterocycles. The number of esters is 1. The Kier molecular flexibility index (Phi) is 8.37. The van der Waals surface area contributed by atoms with Gasteiger partial charge in [0, 0.05) is 19.1 Å². The molecule has 0 fully saturated rings. The van der Waals surface area contributed by atoms with E-state index in [1.807, 2.05) is 0 Å². The fourth-order valence-corrected chi connectivity index (χ4v) is 1.63. The fraction of sp³-hybridized carbons (Fsp3) is 0.636. The molecule has 0 saturated carbocycles. The van der Waals surface area contributed by atoms with Crippen LogP contribution in [0.1, 0.15) is 19.8 Å². The lowest BCUT2D eigenvalue weighted by molar-refractivity contribution is -0.146. The summed E-state index contributed by atoms with van der Waals surface area (Å²) in [5.74, 6) is -2.85. The van der Waals surface area contributed by atoms with Gasteiger partial charge >= 0.3 is 11.9 Å². The van der Waals surface area contributed by atoms with Crippen LogP contribution in [0, 0.1) is 0 Å². The number of carboxylic acid groups (broad SMARTS) is 1. The van der Waals surface area contributed by atoms with Crippen molar-refractivity contribution in [2.75, 3.05) is 12.9 Å². The maximum atomic E-state index is 11.9. The molecule has 0 aromatic rings. The van der Waals surface area contributed by atoms with Gasteiger partial charge in [-0.25, -0.2) is 4.79 Å². The van der Waals surface area contributed by atoms with Gasteiger partial charge in [-0.05, 0) is 6.42 Å². The molecule has 2 atom stereocenters. The van der Waals surface area contributed by atoms with Crippen LogP contribution >= 0.6 is 12.6 Å². The highest BCUT2D eigenvalue weighted by atomic mass is 32.1. The minimum atomic E-state index is -1.10. The average Bonchev–Trinajstić information content (AvgIpc) is 2.38. The second-order valence-electron chi connectivity index (χ2n) is 3.95. The highest BCUT2D eigenvalue weighted by molar-refractivity contribution is 7.80. The van der Waals surface area contributed by atoms with Crippen LogP contribution < -0.4 is 10.6 Å². The average molecular weight is 306 g/mol. The monoisotopic (exact) mass is 306 g/mol. The van der Waals surface area contributed by atoms with Gasteiger partial charge in [0.15, 0.2) is 0 Å². The third kappa shape index (κ3) is 6.98. The Hall–Kier alpha value is -1.77. The van der Waals surface area contributed by atoms with Gasteiger partial charge in [0.2, 0.25) is 11.8 Å². The summed E-state index contributed by atoms with van der Waals surface area (Å²) in [6.45, 7) is 1.24. The molecule has 8 nitrogen and oxygen atoms in total. The van der Waals surface area contributed by atoms with Crippen LogP contribution in [0.5, 0.6) is 0 Å². The Bertz CT molecular complexity index is 387. The molecule has 0 aliphatic rings. The number of carbonyl (C=O) groups excluding carboxylic acids is 3. The van der Waals surface area contributed by atoms with E-state index in [9.17, 15) is 19.2 Å². The third-order valence-corrected chi connectivity index (χ3v) is 2.69. The number of rotatable bonds is 8. The number of amides is 2. The van der Waals surface area contributed by atoms with E-state index in [-0.39, 0.29) is 18.6 Å². The summed E-state index contributed by atoms with van der Waals surface area (Å²) in [4.78, 5) is 44.7. The van der Waals surface area contributed by atoms with Gasteiger partial charge in [0.25, 0.3) is 0 Å². The topological polar surface area (TPSA) is 122 Å². The summed E-state index contributed by atoms with van der Waals surface area (Å²) < 4.78 is 4.49. The van der Waals surface area contributed by atoms with E-state index >= 15 is 0 Å². The zero-order chi connectivity index (χ0) is 15.7. The molecule has 0 unspecified atom stereocenters. The molecule has 0 aromatic heterocycles. The van der Waals surface area contributed by atoms with Gasteiger partial charge in [-0.3, -0.25) is 14.4 Å². The minimum absolute atomic E-state index is 0.0399. The first-order valence-corrected chi connectivity index (χ1v) is 6.43. The van der Waals surface area contributed by atoms with Crippen LogP contribution in [0.15, 0.2) is 0 Å². The standard InChI is InChI=1S/C11H18N2O6S/c1-6(14)12-8(5-20)10(17)13-7(11(18)19-2)3-4-9(15)16/h7-8,20H,3-5H2,1-2H3,(H,12,14)(H,13,17)(H,15,16)/t7-,8-/m0/s1. The zero-order valence-electron chi connectivity index (χ0n) is 11.2. The van der Waals surface area contributed by atoms with Crippen molar-refractivity contribution < 1.29 is 29.0 Å². The van der Waals surface area contributed by atoms with Gasteiger partial charge < -0.3 is 20.5 Å². The first kappa shape index (κ1) is 18.2. The maximum absolute atomic E-state index is 11.9. The fourth-order valence-electron chi connectivity index (χ4n) is 1.37. The first-order chi connectivity index (χ1) is 9.31. The first-order valence-electron chi connectivity index (χ1n) is 5.79. The van der Waals surface area contributed by atoms with Crippen LogP contribution in [0.4, 0.5) is 0 Å². The normalized spacial score (nSPS) is 12.9. The molecule has 114 valence electrons. The highest BCUT2D eigenvalue weighted by Crippen LogP contribution is 2.01. The molecule has 0 radical (unpaired) electrons. The van der Waals surface area contributed by atoms with Crippen LogP contribution in [0.25, 0.3) is 0 Å². The lowest BCUT2D eigenvalue weighted by Crippen LogP contribution is -2.52. The molecule has 0 spiro atoms. The Labute approximate surface area is 121 Å². The molecule has 0 aromatic carbocycles. The number of nitrogens with one attached hydrogen (secondary N) is 2. The predicted octanol–water partition coefficient (Wildman–Crippen LogP) is -1.06. The van der Waals surface area contributed by atoms with Gasteiger partial charge in [-0.15, -0.1) is 0 Å². The van der Waals surface area contributed by atoms with Crippen LogP contribution in [-0.4, -0.2) is 53.8 Å².